The molecule has 1 aromatic heterocycles. The van der Waals surface area contributed by atoms with Crippen molar-refractivity contribution in [1.82, 2.24) is 25.7 Å². The highest BCUT2D eigenvalue weighted by Gasteiger charge is 2.38. The number of carbonyl (C=O) groups is 1. The lowest BCUT2D eigenvalue weighted by atomic mass is 9.89. The third kappa shape index (κ3) is 2.53. The zero-order valence-electron chi connectivity index (χ0n) is 11.7. The number of nitrogens with one attached hydrogen (secondary N) is 2. The highest BCUT2D eigenvalue weighted by molar-refractivity contribution is 5.92. The van der Waals surface area contributed by atoms with Crippen molar-refractivity contribution in [2.24, 2.45) is 5.92 Å². The van der Waals surface area contributed by atoms with Gasteiger partial charge in [-0.25, -0.2) is 4.98 Å². The lowest BCUT2D eigenvalue weighted by Gasteiger charge is -2.40. The van der Waals surface area contributed by atoms with E-state index >= 15 is 0 Å². The predicted molar refractivity (Wildman–Crippen MR) is 74.8 cm³/mol. The van der Waals surface area contributed by atoms with Crippen LogP contribution in [-0.2, 0) is 0 Å². The van der Waals surface area contributed by atoms with E-state index in [-0.39, 0.29) is 11.9 Å². The van der Waals surface area contributed by atoms with Crippen molar-refractivity contribution >= 4 is 5.91 Å². The number of likely N-dealkylation sites (tertiary alicyclic amines) is 1. The van der Waals surface area contributed by atoms with Crippen molar-refractivity contribution in [2.45, 2.75) is 38.3 Å². The molecule has 2 aliphatic rings. The van der Waals surface area contributed by atoms with Gasteiger partial charge >= 0.3 is 0 Å². The fraction of sp³-hybridized carbons (Fsp3) is 0.643. The van der Waals surface area contributed by atoms with Gasteiger partial charge in [0.05, 0.1) is 6.20 Å². The highest BCUT2D eigenvalue weighted by Crippen LogP contribution is 2.26. The van der Waals surface area contributed by atoms with E-state index in [0.717, 1.165) is 25.9 Å². The van der Waals surface area contributed by atoms with Crippen molar-refractivity contribution in [3.63, 3.8) is 0 Å². The second-order valence-electron chi connectivity index (χ2n) is 5.68. The van der Waals surface area contributed by atoms with Gasteiger partial charge in [0.25, 0.3) is 5.91 Å². The Morgan fingerprint density at radius 2 is 2.30 bits per heavy atom. The molecule has 3 unspecified atom stereocenters. The van der Waals surface area contributed by atoms with Crippen LogP contribution < -0.4 is 10.9 Å². The van der Waals surface area contributed by atoms with E-state index in [0.29, 0.717) is 17.7 Å². The average Bonchev–Trinajstić information content (AvgIpc) is 2.93. The molecule has 20 heavy (non-hydrogen) atoms. The number of piperidine rings is 1. The summed E-state index contributed by atoms with van der Waals surface area (Å²) in [4.78, 5) is 22.8. The first-order valence-electron chi connectivity index (χ1n) is 7.33. The van der Waals surface area contributed by atoms with E-state index in [1.165, 1.54) is 6.42 Å². The monoisotopic (exact) mass is 275 g/mol. The van der Waals surface area contributed by atoms with Gasteiger partial charge in [0.15, 0.2) is 0 Å². The molecule has 0 aliphatic carbocycles. The SMILES string of the molecule is CC1CNNC1C1CCCCN1C(=O)c1cnccn1. The minimum atomic E-state index is 0.00343. The van der Waals surface area contributed by atoms with Gasteiger partial charge in [0, 0.05) is 37.6 Å². The van der Waals surface area contributed by atoms with Crippen LogP contribution in [0, 0.1) is 5.92 Å². The van der Waals surface area contributed by atoms with Crippen LogP contribution in [-0.4, -0.2) is 45.9 Å². The van der Waals surface area contributed by atoms with Crippen LogP contribution in [0.1, 0.15) is 36.7 Å². The van der Waals surface area contributed by atoms with E-state index in [2.05, 4.69) is 27.7 Å². The van der Waals surface area contributed by atoms with Gasteiger partial charge in [0.2, 0.25) is 0 Å². The molecule has 6 heteroatoms. The zero-order valence-corrected chi connectivity index (χ0v) is 11.7. The minimum Gasteiger partial charge on any atom is -0.333 e. The summed E-state index contributed by atoms with van der Waals surface area (Å²) >= 11 is 0. The molecule has 0 bridgehead atoms. The van der Waals surface area contributed by atoms with Crippen LogP contribution in [0.5, 0.6) is 0 Å². The Morgan fingerprint density at radius 3 is 3.00 bits per heavy atom. The molecule has 0 radical (unpaired) electrons. The molecular formula is C14H21N5O. The van der Waals surface area contributed by atoms with Crippen LogP contribution in [0.15, 0.2) is 18.6 Å². The van der Waals surface area contributed by atoms with Crippen molar-refractivity contribution in [3.05, 3.63) is 24.3 Å². The summed E-state index contributed by atoms with van der Waals surface area (Å²) in [6, 6.07) is 0.555. The van der Waals surface area contributed by atoms with Gasteiger partial charge in [-0.2, -0.15) is 0 Å². The molecule has 2 saturated heterocycles. The van der Waals surface area contributed by atoms with Crippen molar-refractivity contribution in [2.75, 3.05) is 13.1 Å². The van der Waals surface area contributed by atoms with Crippen LogP contribution >= 0.6 is 0 Å². The van der Waals surface area contributed by atoms with Crippen LogP contribution in [0.25, 0.3) is 0 Å². The first-order valence-corrected chi connectivity index (χ1v) is 7.33. The second kappa shape index (κ2) is 5.85. The maximum Gasteiger partial charge on any atom is 0.274 e. The Kier molecular flexibility index (Phi) is 3.93. The van der Waals surface area contributed by atoms with E-state index < -0.39 is 0 Å². The van der Waals surface area contributed by atoms with Gasteiger partial charge in [-0.15, -0.1) is 0 Å². The van der Waals surface area contributed by atoms with Gasteiger partial charge in [-0.1, -0.05) is 6.92 Å². The molecule has 3 heterocycles. The maximum atomic E-state index is 12.6. The molecular weight excluding hydrogens is 254 g/mol. The quantitative estimate of drug-likeness (QED) is 0.826. The molecule has 0 saturated carbocycles. The van der Waals surface area contributed by atoms with E-state index in [9.17, 15) is 4.79 Å². The summed E-state index contributed by atoms with van der Waals surface area (Å²) in [5.74, 6) is 0.527. The summed E-state index contributed by atoms with van der Waals surface area (Å²) in [6.07, 6.45) is 8.02. The van der Waals surface area contributed by atoms with Crippen LogP contribution in [0.3, 0.4) is 0 Å². The number of aromatic nitrogens is 2. The van der Waals surface area contributed by atoms with E-state index in [1.54, 1.807) is 18.6 Å². The van der Waals surface area contributed by atoms with Gasteiger partial charge in [0.1, 0.15) is 5.69 Å². The summed E-state index contributed by atoms with van der Waals surface area (Å²) in [5, 5.41) is 0. The number of hydrogen-bond donors (Lipinski definition) is 2. The van der Waals surface area contributed by atoms with Crippen molar-refractivity contribution < 1.29 is 4.79 Å². The summed E-state index contributed by atoms with van der Waals surface area (Å²) in [5.41, 5.74) is 6.98. The number of rotatable bonds is 2. The number of carbonyl (C=O) groups excluding carboxylic acids is 1. The zero-order chi connectivity index (χ0) is 13.9. The smallest absolute Gasteiger partial charge is 0.274 e. The summed E-state index contributed by atoms with van der Waals surface area (Å²) < 4.78 is 0. The number of hydrazine groups is 1. The topological polar surface area (TPSA) is 70.2 Å². The molecule has 6 nitrogen and oxygen atoms in total. The average molecular weight is 275 g/mol. The standard InChI is InChI=1S/C14H21N5O/c1-10-8-17-18-13(10)12-4-2-3-7-19(12)14(20)11-9-15-5-6-16-11/h5-6,9-10,12-13,17-18H,2-4,7-8H2,1H3. The number of amides is 1. The molecule has 3 atom stereocenters. The Bertz CT molecular complexity index is 466. The van der Waals surface area contributed by atoms with Crippen molar-refractivity contribution in [1.29, 1.82) is 0 Å². The molecule has 108 valence electrons. The number of hydrogen-bond acceptors (Lipinski definition) is 5. The third-order valence-corrected chi connectivity index (χ3v) is 4.31. The van der Waals surface area contributed by atoms with Gasteiger partial charge < -0.3 is 4.90 Å². The molecule has 2 N–H and O–H groups in total. The number of nitrogens with zero attached hydrogens (tertiary/aromatic N) is 3. The second-order valence-corrected chi connectivity index (χ2v) is 5.68. The van der Waals surface area contributed by atoms with E-state index in [4.69, 9.17) is 0 Å². The lowest BCUT2D eigenvalue weighted by Crippen LogP contribution is -2.55. The summed E-state index contributed by atoms with van der Waals surface area (Å²) in [6.45, 7) is 3.98. The van der Waals surface area contributed by atoms with Crippen LogP contribution in [0.2, 0.25) is 0 Å². The van der Waals surface area contributed by atoms with Crippen molar-refractivity contribution in [3.8, 4) is 0 Å². The fourth-order valence-corrected chi connectivity index (χ4v) is 3.22. The fourth-order valence-electron chi connectivity index (χ4n) is 3.22. The Morgan fingerprint density at radius 1 is 1.40 bits per heavy atom. The Balaban J connectivity index is 1.80. The molecule has 2 fully saturated rings. The first kappa shape index (κ1) is 13.5. The Labute approximate surface area is 118 Å². The van der Waals surface area contributed by atoms with Crippen LogP contribution in [0.4, 0.5) is 0 Å². The molecule has 2 aliphatic heterocycles. The molecule has 0 spiro atoms. The molecule has 1 amide bonds. The Hall–Kier alpha value is -1.53. The lowest BCUT2D eigenvalue weighted by molar-refractivity contribution is 0.0531. The molecule has 3 rings (SSSR count). The largest absolute Gasteiger partial charge is 0.333 e. The third-order valence-electron chi connectivity index (χ3n) is 4.31. The first-order chi connectivity index (χ1) is 9.77. The molecule has 1 aromatic rings. The van der Waals surface area contributed by atoms with Gasteiger partial charge in [-0.3, -0.25) is 20.6 Å². The normalized spacial score (nSPS) is 30.4. The maximum absolute atomic E-state index is 12.6. The van der Waals surface area contributed by atoms with E-state index in [1.807, 2.05) is 4.90 Å². The van der Waals surface area contributed by atoms with Gasteiger partial charge in [-0.05, 0) is 25.2 Å². The highest BCUT2D eigenvalue weighted by atomic mass is 16.2. The summed E-state index contributed by atoms with van der Waals surface area (Å²) in [7, 11) is 0. The predicted octanol–water partition coefficient (Wildman–Crippen LogP) is 0.584. The molecule has 0 aromatic carbocycles. The minimum absolute atomic E-state index is 0.00343.